The number of imide groups is 1. The number of anilines is 1. The molecule has 2 fully saturated rings. The molecule has 0 radical (unpaired) electrons. The quantitative estimate of drug-likeness (QED) is 0.589. The van der Waals surface area contributed by atoms with Crippen LogP contribution in [0.2, 0.25) is 0 Å². The van der Waals surface area contributed by atoms with Crippen LogP contribution in [-0.2, 0) is 19.1 Å². The van der Waals surface area contributed by atoms with Crippen molar-refractivity contribution in [2.45, 2.75) is 64.5 Å². The molecule has 3 rings (SSSR count). The second kappa shape index (κ2) is 8.45. The molecule has 0 aromatic heterocycles. The van der Waals surface area contributed by atoms with Gasteiger partial charge in [0.25, 0.3) is 11.8 Å². The number of aryl methyl sites for hydroxylation is 2. The molecular formula is C22H29N3O5. The third kappa shape index (κ3) is 3.91. The Hall–Kier alpha value is -2.90. The summed E-state index contributed by atoms with van der Waals surface area (Å²) >= 11 is 0. The molecule has 1 aromatic rings. The Balaban J connectivity index is 1.61. The Bertz CT molecular complexity index is 855. The number of urea groups is 1. The van der Waals surface area contributed by atoms with Crippen LogP contribution in [0.1, 0.15) is 50.2 Å². The van der Waals surface area contributed by atoms with Crippen LogP contribution in [0.4, 0.5) is 10.5 Å². The SMILES string of the molecule is Cc1cccc(C)c1NC(=O)[C@H](C)OC(=O)CN1C(=O)N(C)C2(CCCCC2)C1=O. The number of nitrogens with one attached hydrogen (secondary N) is 1. The summed E-state index contributed by atoms with van der Waals surface area (Å²) in [6.45, 7) is 4.72. The number of hydrogen-bond acceptors (Lipinski definition) is 5. The molecule has 30 heavy (non-hydrogen) atoms. The molecular weight excluding hydrogens is 386 g/mol. The fourth-order valence-electron chi connectivity index (χ4n) is 4.32. The van der Waals surface area contributed by atoms with Gasteiger partial charge in [-0.05, 0) is 44.7 Å². The highest BCUT2D eigenvalue weighted by Gasteiger charge is 2.56. The van der Waals surface area contributed by atoms with E-state index in [1.165, 1.54) is 11.8 Å². The van der Waals surface area contributed by atoms with Crippen molar-refractivity contribution >= 4 is 29.5 Å². The minimum atomic E-state index is -1.06. The Kier molecular flexibility index (Phi) is 6.14. The van der Waals surface area contributed by atoms with Crippen molar-refractivity contribution in [2.75, 3.05) is 18.9 Å². The molecule has 1 spiro atoms. The van der Waals surface area contributed by atoms with Gasteiger partial charge in [-0.3, -0.25) is 19.3 Å². The Morgan fingerprint density at radius 3 is 2.33 bits per heavy atom. The maximum absolute atomic E-state index is 13.0. The second-order valence-electron chi connectivity index (χ2n) is 8.21. The summed E-state index contributed by atoms with van der Waals surface area (Å²) < 4.78 is 5.22. The topological polar surface area (TPSA) is 96.0 Å². The predicted molar refractivity (Wildman–Crippen MR) is 111 cm³/mol. The molecule has 1 saturated carbocycles. The summed E-state index contributed by atoms with van der Waals surface area (Å²) in [5, 5.41) is 2.78. The molecule has 1 aliphatic heterocycles. The van der Waals surface area contributed by atoms with Crippen molar-refractivity contribution in [3.05, 3.63) is 29.3 Å². The zero-order valence-corrected chi connectivity index (χ0v) is 18.0. The number of esters is 1. The van der Waals surface area contributed by atoms with Crippen LogP contribution in [0.15, 0.2) is 18.2 Å². The molecule has 0 bridgehead atoms. The Morgan fingerprint density at radius 2 is 1.73 bits per heavy atom. The van der Waals surface area contributed by atoms with Crippen LogP contribution in [0.5, 0.6) is 0 Å². The molecule has 1 aliphatic carbocycles. The first-order valence-electron chi connectivity index (χ1n) is 10.3. The number of para-hydroxylation sites is 1. The van der Waals surface area contributed by atoms with Crippen LogP contribution >= 0.6 is 0 Å². The molecule has 1 heterocycles. The van der Waals surface area contributed by atoms with Gasteiger partial charge in [-0.1, -0.05) is 37.5 Å². The highest BCUT2D eigenvalue weighted by Crippen LogP contribution is 2.39. The average Bonchev–Trinajstić information content (AvgIpc) is 2.87. The van der Waals surface area contributed by atoms with E-state index >= 15 is 0 Å². The van der Waals surface area contributed by atoms with E-state index in [9.17, 15) is 19.2 Å². The van der Waals surface area contributed by atoms with E-state index in [0.717, 1.165) is 35.3 Å². The number of carbonyl (C=O) groups excluding carboxylic acids is 4. The largest absolute Gasteiger partial charge is 0.451 e. The van der Waals surface area contributed by atoms with Gasteiger partial charge in [0.15, 0.2) is 6.10 Å². The minimum absolute atomic E-state index is 0.348. The molecule has 4 amide bonds. The number of rotatable bonds is 5. The smallest absolute Gasteiger partial charge is 0.327 e. The predicted octanol–water partition coefficient (Wildman–Crippen LogP) is 2.77. The fourth-order valence-corrected chi connectivity index (χ4v) is 4.32. The van der Waals surface area contributed by atoms with Gasteiger partial charge < -0.3 is 15.0 Å². The van der Waals surface area contributed by atoms with Gasteiger partial charge in [0, 0.05) is 12.7 Å². The zero-order valence-electron chi connectivity index (χ0n) is 18.0. The van der Waals surface area contributed by atoms with Gasteiger partial charge >= 0.3 is 12.0 Å². The van der Waals surface area contributed by atoms with Crippen molar-refractivity contribution in [2.24, 2.45) is 0 Å². The third-order valence-electron chi connectivity index (χ3n) is 6.18. The Labute approximate surface area is 176 Å². The van der Waals surface area contributed by atoms with E-state index in [0.29, 0.717) is 18.5 Å². The number of carbonyl (C=O) groups is 4. The minimum Gasteiger partial charge on any atom is -0.451 e. The number of nitrogens with zero attached hydrogens (tertiary/aromatic N) is 2. The number of ether oxygens (including phenoxy) is 1. The van der Waals surface area contributed by atoms with Crippen LogP contribution in [-0.4, -0.2) is 58.8 Å². The van der Waals surface area contributed by atoms with E-state index < -0.39 is 36.1 Å². The molecule has 1 aromatic carbocycles. The normalized spacial score (nSPS) is 19.2. The Morgan fingerprint density at radius 1 is 1.13 bits per heavy atom. The lowest BCUT2D eigenvalue weighted by Crippen LogP contribution is -2.49. The number of amides is 4. The molecule has 1 atom stereocenters. The van der Waals surface area contributed by atoms with Crippen LogP contribution in [0.25, 0.3) is 0 Å². The first kappa shape index (κ1) is 21.8. The van der Waals surface area contributed by atoms with Crippen LogP contribution in [0.3, 0.4) is 0 Å². The fraction of sp³-hybridized carbons (Fsp3) is 0.545. The number of likely N-dealkylation sites (N-methyl/N-ethyl adjacent to an activating group) is 1. The maximum atomic E-state index is 13.0. The zero-order chi connectivity index (χ0) is 22.1. The standard InChI is InChI=1S/C22H29N3O5/c1-14-9-8-10-15(2)18(14)23-19(27)16(3)30-17(26)13-25-20(28)22(24(4)21(25)29)11-6-5-7-12-22/h8-10,16H,5-7,11-13H2,1-4H3,(H,23,27)/t16-/m0/s1. The lowest BCUT2D eigenvalue weighted by molar-refractivity contribution is -0.155. The molecule has 8 heteroatoms. The summed E-state index contributed by atoms with van der Waals surface area (Å²) in [6, 6.07) is 5.15. The molecule has 1 N–H and O–H groups in total. The van der Waals surface area contributed by atoms with Gasteiger partial charge in [0.05, 0.1) is 0 Å². The molecule has 0 unspecified atom stereocenters. The monoisotopic (exact) mass is 415 g/mol. The van der Waals surface area contributed by atoms with E-state index in [-0.39, 0.29) is 5.91 Å². The van der Waals surface area contributed by atoms with E-state index in [1.807, 2.05) is 32.0 Å². The van der Waals surface area contributed by atoms with Gasteiger partial charge in [-0.25, -0.2) is 4.79 Å². The highest BCUT2D eigenvalue weighted by molar-refractivity contribution is 6.08. The highest BCUT2D eigenvalue weighted by atomic mass is 16.5. The molecule has 162 valence electrons. The van der Waals surface area contributed by atoms with Crippen molar-refractivity contribution in [1.29, 1.82) is 0 Å². The van der Waals surface area contributed by atoms with Crippen molar-refractivity contribution < 1.29 is 23.9 Å². The molecule has 8 nitrogen and oxygen atoms in total. The van der Waals surface area contributed by atoms with Crippen LogP contribution in [0, 0.1) is 13.8 Å². The van der Waals surface area contributed by atoms with E-state index in [1.54, 1.807) is 7.05 Å². The van der Waals surface area contributed by atoms with Gasteiger partial charge in [0.1, 0.15) is 12.1 Å². The summed E-state index contributed by atoms with van der Waals surface area (Å²) in [5.74, 6) is -1.61. The number of benzene rings is 1. The summed E-state index contributed by atoms with van der Waals surface area (Å²) in [7, 11) is 1.61. The van der Waals surface area contributed by atoms with Crippen molar-refractivity contribution in [3.63, 3.8) is 0 Å². The molecule has 1 saturated heterocycles. The van der Waals surface area contributed by atoms with Gasteiger partial charge in [-0.2, -0.15) is 0 Å². The maximum Gasteiger partial charge on any atom is 0.327 e. The van der Waals surface area contributed by atoms with E-state index in [4.69, 9.17) is 4.74 Å². The number of hydrogen-bond donors (Lipinski definition) is 1. The van der Waals surface area contributed by atoms with E-state index in [2.05, 4.69) is 5.32 Å². The lowest BCUT2D eigenvalue weighted by atomic mass is 9.81. The molecule has 2 aliphatic rings. The first-order valence-corrected chi connectivity index (χ1v) is 10.3. The van der Waals surface area contributed by atoms with Crippen molar-refractivity contribution in [1.82, 2.24) is 9.80 Å². The average molecular weight is 415 g/mol. The lowest BCUT2D eigenvalue weighted by Gasteiger charge is -2.35. The first-order chi connectivity index (χ1) is 14.2. The summed E-state index contributed by atoms with van der Waals surface area (Å²) in [4.78, 5) is 52.8. The van der Waals surface area contributed by atoms with Gasteiger partial charge in [0.2, 0.25) is 0 Å². The van der Waals surface area contributed by atoms with Crippen LogP contribution < -0.4 is 5.32 Å². The summed E-state index contributed by atoms with van der Waals surface area (Å²) in [6.07, 6.45) is 2.92. The second-order valence-corrected chi connectivity index (χ2v) is 8.21. The summed E-state index contributed by atoms with van der Waals surface area (Å²) in [5.41, 5.74) is 1.63. The van der Waals surface area contributed by atoms with Gasteiger partial charge in [-0.15, -0.1) is 0 Å². The third-order valence-corrected chi connectivity index (χ3v) is 6.18. The van der Waals surface area contributed by atoms with Crippen molar-refractivity contribution in [3.8, 4) is 0 Å².